The predicted octanol–water partition coefficient (Wildman–Crippen LogP) is -0.540. The maximum absolute atomic E-state index is 11.0. The molecule has 0 spiro atoms. The fourth-order valence-electron chi connectivity index (χ4n) is 0.999. The normalized spacial score (nSPS) is 15.2. The van der Waals surface area contributed by atoms with Gasteiger partial charge in [0.2, 0.25) is 5.76 Å². The summed E-state index contributed by atoms with van der Waals surface area (Å²) in [6.45, 7) is 0.347. The molecule has 13 heavy (non-hydrogen) atoms. The maximum Gasteiger partial charge on any atom is 0.375 e. The zero-order valence-electron chi connectivity index (χ0n) is 7.12. The molecule has 1 heterocycles. The van der Waals surface area contributed by atoms with Gasteiger partial charge in [-0.05, 0) is 0 Å². The number of primary amides is 1. The van der Waals surface area contributed by atoms with Gasteiger partial charge in [0.25, 0.3) is 0 Å². The highest BCUT2D eigenvalue weighted by Gasteiger charge is 2.24. The summed E-state index contributed by atoms with van der Waals surface area (Å²) >= 11 is 0. The van der Waals surface area contributed by atoms with Crippen molar-refractivity contribution in [2.45, 2.75) is 6.42 Å². The fraction of sp³-hybridized carbons (Fsp3) is 0.429. The first kappa shape index (κ1) is 9.37. The van der Waals surface area contributed by atoms with Crippen LogP contribution in [0.25, 0.3) is 0 Å². The lowest BCUT2D eigenvalue weighted by atomic mass is 10.3. The number of nitrogens with one attached hydrogen (secondary N) is 1. The molecule has 72 valence electrons. The minimum Gasteiger partial charge on any atom is -0.485 e. The third-order valence-corrected chi connectivity index (χ3v) is 1.52. The van der Waals surface area contributed by atoms with E-state index in [9.17, 15) is 9.59 Å². The minimum atomic E-state index is -0.720. The lowest BCUT2D eigenvalue weighted by molar-refractivity contribution is -0.139. The molecule has 0 saturated heterocycles. The van der Waals surface area contributed by atoms with Crippen LogP contribution in [0.4, 0.5) is 4.79 Å². The van der Waals surface area contributed by atoms with Crippen LogP contribution < -0.4 is 11.1 Å². The number of hydrogen-bond donors (Lipinski definition) is 2. The molecular weight excluding hydrogens is 176 g/mol. The van der Waals surface area contributed by atoms with Gasteiger partial charge in [0.15, 0.2) is 0 Å². The van der Waals surface area contributed by atoms with Crippen LogP contribution in [0.5, 0.6) is 0 Å². The van der Waals surface area contributed by atoms with Crippen molar-refractivity contribution in [3.63, 3.8) is 0 Å². The summed E-state index contributed by atoms with van der Waals surface area (Å²) in [5.41, 5.74) is 5.26. The molecule has 1 aliphatic rings. The van der Waals surface area contributed by atoms with Gasteiger partial charge in [0.1, 0.15) is 0 Å². The Balaban J connectivity index is 2.76. The van der Waals surface area contributed by atoms with E-state index in [1.807, 2.05) is 0 Å². The molecule has 0 fully saturated rings. The van der Waals surface area contributed by atoms with E-state index in [0.717, 1.165) is 0 Å². The highest BCUT2D eigenvalue weighted by Crippen LogP contribution is 2.17. The van der Waals surface area contributed by atoms with Gasteiger partial charge in [0, 0.05) is 6.42 Å². The standard InChI is InChI=1S/C7H10N2O4/c1-12-6(10)5-4(2-3-13-5)9-7(8)11/h2-3H2,1H3,(H3,8,9,11). The summed E-state index contributed by atoms with van der Waals surface area (Å²) in [6.07, 6.45) is 0.452. The molecule has 0 aromatic carbocycles. The molecule has 0 unspecified atom stereocenters. The monoisotopic (exact) mass is 186 g/mol. The second-order valence-electron chi connectivity index (χ2n) is 2.39. The molecule has 2 amide bonds. The summed E-state index contributed by atoms with van der Waals surface area (Å²) in [6, 6.07) is -0.720. The zero-order valence-corrected chi connectivity index (χ0v) is 7.12. The Morgan fingerprint density at radius 3 is 2.85 bits per heavy atom. The summed E-state index contributed by atoms with van der Waals surface area (Å²) in [7, 11) is 1.24. The van der Waals surface area contributed by atoms with Crippen LogP contribution in [0, 0.1) is 0 Å². The molecule has 0 aromatic rings. The highest BCUT2D eigenvalue weighted by molar-refractivity contribution is 5.88. The van der Waals surface area contributed by atoms with Crippen LogP contribution in [0.3, 0.4) is 0 Å². The molecule has 0 radical (unpaired) electrons. The van der Waals surface area contributed by atoms with Crippen molar-refractivity contribution in [2.75, 3.05) is 13.7 Å². The topological polar surface area (TPSA) is 90.6 Å². The van der Waals surface area contributed by atoms with E-state index in [0.29, 0.717) is 18.7 Å². The average molecular weight is 186 g/mol. The second kappa shape index (κ2) is 3.79. The third kappa shape index (κ3) is 2.11. The van der Waals surface area contributed by atoms with Crippen molar-refractivity contribution in [3.8, 4) is 0 Å². The number of amides is 2. The Morgan fingerprint density at radius 1 is 1.62 bits per heavy atom. The number of nitrogens with two attached hydrogens (primary N) is 1. The predicted molar refractivity (Wildman–Crippen MR) is 42.3 cm³/mol. The van der Waals surface area contributed by atoms with E-state index in [1.165, 1.54) is 7.11 Å². The fourth-order valence-corrected chi connectivity index (χ4v) is 0.999. The van der Waals surface area contributed by atoms with E-state index >= 15 is 0 Å². The summed E-state index contributed by atoms with van der Waals surface area (Å²) in [4.78, 5) is 21.5. The number of urea groups is 1. The Morgan fingerprint density at radius 2 is 2.31 bits per heavy atom. The quantitative estimate of drug-likeness (QED) is 0.566. The third-order valence-electron chi connectivity index (χ3n) is 1.52. The molecule has 0 atom stereocenters. The lowest BCUT2D eigenvalue weighted by Gasteiger charge is -2.03. The van der Waals surface area contributed by atoms with Gasteiger partial charge in [-0.2, -0.15) is 0 Å². The van der Waals surface area contributed by atoms with E-state index in [2.05, 4.69) is 10.1 Å². The van der Waals surface area contributed by atoms with Crippen molar-refractivity contribution in [3.05, 3.63) is 11.5 Å². The van der Waals surface area contributed by atoms with Crippen molar-refractivity contribution < 1.29 is 19.1 Å². The average Bonchev–Trinajstić information content (AvgIpc) is 2.50. The van der Waals surface area contributed by atoms with E-state index in [-0.39, 0.29) is 5.76 Å². The molecule has 0 aromatic heterocycles. The second-order valence-corrected chi connectivity index (χ2v) is 2.39. The molecule has 6 nitrogen and oxygen atoms in total. The van der Waals surface area contributed by atoms with Crippen LogP contribution in [-0.4, -0.2) is 25.7 Å². The summed E-state index contributed by atoms with van der Waals surface area (Å²) < 4.78 is 9.39. The van der Waals surface area contributed by atoms with Gasteiger partial charge in [-0.15, -0.1) is 0 Å². The van der Waals surface area contributed by atoms with Gasteiger partial charge >= 0.3 is 12.0 Å². The van der Waals surface area contributed by atoms with Gasteiger partial charge in [0.05, 0.1) is 19.4 Å². The first-order chi connectivity index (χ1) is 6.15. The van der Waals surface area contributed by atoms with E-state index in [1.54, 1.807) is 0 Å². The van der Waals surface area contributed by atoms with Gasteiger partial charge < -0.3 is 20.5 Å². The van der Waals surface area contributed by atoms with E-state index < -0.39 is 12.0 Å². The Bertz CT molecular complexity index is 272. The van der Waals surface area contributed by atoms with Crippen molar-refractivity contribution in [1.82, 2.24) is 5.32 Å². The number of esters is 1. The smallest absolute Gasteiger partial charge is 0.375 e. The molecule has 1 aliphatic heterocycles. The summed E-state index contributed by atoms with van der Waals surface area (Å²) in [5.74, 6) is -0.581. The van der Waals surface area contributed by atoms with Crippen LogP contribution in [0.2, 0.25) is 0 Å². The summed E-state index contributed by atoms with van der Waals surface area (Å²) in [5, 5.41) is 2.30. The Labute approximate surface area is 74.7 Å². The Hall–Kier alpha value is -1.72. The number of hydrogen-bond acceptors (Lipinski definition) is 4. The van der Waals surface area contributed by atoms with Crippen molar-refractivity contribution in [2.24, 2.45) is 5.73 Å². The van der Waals surface area contributed by atoms with Crippen molar-refractivity contribution in [1.29, 1.82) is 0 Å². The highest BCUT2D eigenvalue weighted by atomic mass is 16.6. The molecule has 0 aliphatic carbocycles. The largest absolute Gasteiger partial charge is 0.485 e. The number of methoxy groups -OCH3 is 1. The number of ether oxygens (including phenoxy) is 2. The van der Waals surface area contributed by atoms with Gasteiger partial charge in [-0.25, -0.2) is 9.59 Å². The van der Waals surface area contributed by atoms with Crippen LogP contribution in [-0.2, 0) is 14.3 Å². The first-order valence-corrected chi connectivity index (χ1v) is 3.66. The molecule has 0 bridgehead atoms. The number of rotatable bonds is 2. The van der Waals surface area contributed by atoms with Crippen LogP contribution in [0.15, 0.2) is 11.5 Å². The minimum absolute atomic E-state index is 0.0290. The SMILES string of the molecule is COC(=O)C1=C(NC(N)=O)CCO1. The molecular formula is C7H10N2O4. The lowest BCUT2D eigenvalue weighted by Crippen LogP contribution is -2.29. The first-order valence-electron chi connectivity index (χ1n) is 3.66. The van der Waals surface area contributed by atoms with Gasteiger partial charge in [-0.3, -0.25) is 0 Å². The van der Waals surface area contributed by atoms with Crippen LogP contribution in [0.1, 0.15) is 6.42 Å². The zero-order chi connectivity index (χ0) is 9.84. The molecule has 3 N–H and O–H groups in total. The van der Waals surface area contributed by atoms with Crippen LogP contribution >= 0.6 is 0 Å². The van der Waals surface area contributed by atoms with E-state index in [4.69, 9.17) is 10.5 Å². The maximum atomic E-state index is 11.0. The molecule has 0 saturated carbocycles. The number of carbonyl (C=O) groups excluding carboxylic acids is 2. The van der Waals surface area contributed by atoms with Crippen molar-refractivity contribution >= 4 is 12.0 Å². The number of carbonyl (C=O) groups is 2. The Kier molecular flexibility index (Phi) is 2.73. The van der Waals surface area contributed by atoms with Gasteiger partial charge in [-0.1, -0.05) is 0 Å². The molecule has 1 rings (SSSR count). The molecule has 6 heteroatoms.